The van der Waals surface area contributed by atoms with Gasteiger partial charge in [-0.2, -0.15) is 4.39 Å². The normalized spacial score (nSPS) is 26.9. The highest BCUT2D eigenvalue weighted by Gasteiger charge is 2.63. The Morgan fingerprint density at radius 2 is 1.94 bits per heavy atom. The van der Waals surface area contributed by atoms with Crippen molar-refractivity contribution in [2.45, 2.75) is 45.4 Å². The minimum absolute atomic E-state index is 0.0609. The Balaban J connectivity index is 1.71. The molecule has 5 rings (SSSR count). The Morgan fingerprint density at radius 1 is 1.23 bits per heavy atom. The minimum atomic E-state index is -1.63. The summed E-state index contributed by atoms with van der Waals surface area (Å²) >= 11 is 1.22. The van der Waals surface area contributed by atoms with Crippen LogP contribution in [0.5, 0.6) is 0 Å². The Bertz CT molecular complexity index is 1120. The van der Waals surface area contributed by atoms with Gasteiger partial charge in [-0.25, -0.2) is 9.78 Å². The summed E-state index contributed by atoms with van der Waals surface area (Å²) in [5, 5.41) is 13.4. The van der Waals surface area contributed by atoms with Crippen LogP contribution in [0.2, 0.25) is 0 Å². The van der Waals surface area contributed by atoms with E-state index >= 15 is 4.39 Å². The summed E-state index contributed by atoms with van der Waals surface area (Å²) < 4.78 is 21.0. The highest BCUT2D eigenvalue weighted by Crippen LogP contribution is 2.47. The van der Waals surface area contributed by atoms with E-state index in [1.54, 1.807) is 24.8 Å². The number of aryl methyl sites for hydroxylation is 1. The smallest absolute Gasteiger partial charge is 0.328 e. The topological polar surface area (TPSA) is 126 Å². The van der Waals surface area contributed by atoms with Crippen molar-refractivity contribution in [3.8, 4) is 10.6 Å². The summed E-state index contributed by atoms with van der Waals surface area (Å²) in [4.78, 5) is 44.0. The molecule has 12 heteroatoms. The fourth-order valence-electron chi connectivity index (χ4n) is 4.87. The SMILES string of the molecule is Cc1nnc(-c2cc3c(nc2F)N2C[C@@H](C)O[C@@H](C)[C@@H]2C2(C3)C(=O)NC(=O)NC2=O)s1. The molecule has 0 radical (unpaired) electrons. The average Bonchev–Trinajstić information content (AvgIpc) is 3.11. The number of hydrogen-bond donors (Lipinski definition) is 2. The lowest BCUT2D eigenvalue weighted by Gasteiger charge is -2.54. The molecule has 3 aliphatic rings. The molecule has 2 aromatic rings. The summed E-state index contributed by atoms with van der Waals surface area (Å²) in [5.41, 5.74) is -0.963. The van der Waals surface area contributed by atoms with Gasteiger partial charge in [-0.15, -0.1) is 10.2 Å². The fraction of sp³-hybridized carbons (Fsp3) is 0.474. The zero-order valence-electron chi connectivity index (χ0n) is 16.9. The predicted octanol–water partition coefficient (Wildman–Crippen LogP) is 0.938. The molecule has 2 aromatic heterocycles. The summed E-state index contributed by atoms with van der Waals surface area (Å²) in [7, 11) is 0. The molecule has 5 heterocycles. The molecule has 0 aliphatic carbocycles. The van der Waals surface area contributed by atoms with Gasteiger partial charge < -0.3 is 9.64 Å². The van der Waals surface area contributed by atoms with Gasteiger partial charge in [0.1, 0.15) is 10.8 Å². The van der Waals surface area contributed by atoms with Crippen LogP contribution >= 0.6 is 11.3 Å². The number of pyridine rings is 1. The molecule has 0 aromatic carbocycles. The molecule has 2 fully saturated rings. The van der Waals surface area contributed by atoms with E-state index in [9.17, 15) is 14.4 Å². The van der Waals surface area contributed by atoms with Gasteiger partial charge in [0.05, 0.1) is 23.8 Å². The van der Waals surface area contributed by atoms with Crippen molar-refractivity contribution >= 4 is 35.0 Å². The predicted molar refractivity (Wildman–Crippen MR) is 107 cm³/mol. The summed E-state index contributed by atoms with van der Waals surface area (Å²) in [5.74, 6) is -1.75. The number of imide groups is 2. The minimum Gasteiger partial charge on any atom is -0.372 e. The number of nitrogens with zero attached hydrogens (tertiary/aromatic N) is 4. The maximum absolute atomic E-state index is 15.0. The Hall–Kier alpha value is -2.99. The third kappa shape index (κ3) is 2.85. The van der Waals surface area contributed by atoms with Crippen LogP contribution in [0.1, 0.15) is 24.4 Å². The van der Waals surface area contributed by atoms with Crippen LogP contribution in [0, 0.1) is 18.3 Å². The van der Waals surface area contributed by atoms with Crippen LogP contribution in [0.3, 0.4) is 0 Å². The van der Waals surface area contributed by atoms with Gasteiger partial charge in [-0.1, -0.05) is 11.3 Å². The maximum Gasteiger partial charge on any atom is 0.328 e. The summed E-state index contributed by atoms with van der Waals surface area (Å²) in [6.45, 7) is 5.68. The lowest BCUT2D eigenvalue weighted by molar-refractivity contribution is -0.153. The van der Waals surface area contributed by atoms with Gasteiger partial charge in [0.15, 0.2) is 10.4 Å². The molecular formula is C19H19FN6O4S. The van der Waals surface area contributed by atoms with E-state index in [-0.39, 0.29) is 18.1 Å². The van der Waals surface area contributed by atoms with Gasteiger partial charge in [0.25, 0.3) is 0 Å². The first-order valence-electron chi connectivity index (χ1n) is 9.79. The number of halogens is 1. The van der Waals surface area contributed by atoms with E-state index in [0.29, 0.717) is 27.9 Å². The molecule has 4 amide bonds. The first kappa shape index (κ1) is 19.9. The van der Waals surface area contributed by atoms with Crippen molar-refractivity contribution in [1.82, 2.24) is 25.8 Å². The first-order valence-corrected chi connectivity index (χ1v) is 10.6. The second-order valence-electron chi connectivity index (χ2n) is 8.07. The largest absolute Gasteiger partial charge is 0.372 e. The fourth-order valence-corrected chi connectivity index (χ4v) is 5.56. The van der Waals surface area contributed by atoms with Crippen LogP contribution < -0.4 is 15.5 Å². The molecule has 162 valence electrons. The van der Waals surface area contributed by atoms with Crippen LogP contribution in [0.15, 0.2) is 6.07 Å². The molecule has 2 N–H and O–H groups in total. The third-order valence-electron chi connectivity index (χ3n) is 5.98. The van der Waals surface area contributed by atoms with E-state index in [0.717, 1.165) is 0 Å². The van der Waals surface area contributed by atoms with Gasteiger partial charge >= 0.3 is 6.03 Å². The number of aromatic nitrogens is 3. The van der Waals surface area contributed by atoms with E-state index in [2.05, 4.69) is 25.8 Å². The maximum atomic E-state index is 15.0. The average molecular weight is 446 g/mol. The standard InChI is InChI=1S/C19H19FN6O4S/c1-7-6-26-12(8(2)30-7)19(16(27)22-18(29)23-17(19)28)5-10-4-11(13(20)21-14(10)26)15-25-24-9(3)31-15/h4,7-8,12H,5-6H2,1-3H3,(H2,22,23,27,28,29)/t7-,8+,12-/m1/s1. The molecule has 3 atom stereocenters. The molecule has 3 aliphatic heterocycles. The molecule has 31 heavy (non-hydrogen) atoms. The number of amides is 4. The van der Waals surface area contributed by atoms with Gasteiger partial charge in [0.2, 0.25) is 17.8 Å². The second kappa shape index (κ2) is 6.76. The van der Waals surface area contributed by atoms with Crippen molar-refractivity contribution in [2.75, 3.05) is 11.4 Å². The van der Waals surface area contributed by atoms with Crippen LogP contribution in [0.25, 0.3) is 10.6 Å². The number of hydrogen-bond acceptors (Lipinski definition) is 9. The molecule has 0 bridgehead atoms. The highest BCUT2D eigenvalue weighted by atomic mass is 32.1. The van der Waals surface area contributed by atoms with Crippen LogP contribution in [-0.4, -0.2) is 57.8 Å². The van der Waals surface area contributed by atoms with E-state index in [1.165, 1.54) is 11.3 Å². The Labute approximate surface area is 180 Å². The highest BCUT2D eigenvalue weighted by molar-refractivity contribution is 7.14. The number of morpholine rings is 1. The van der Waals surface area contributed by atoms with E-state index in [1.807, 2.05) is 6.92 Å². The summed E-state index contributed by atoms with van der Waals surface area (Å²) in [6.07, 6.45) is -0.841. The zero-order valence-corrected chi connectivity index (χ0v) is 17.7. The summed E-state index contributed by atoms with van der Waals surface area (Å²) in [6, 6.07) is -0.0546. The molecule has 0 saturated carbocycles. The number of nitrogens with one attached hydrogen (secondary N) is 2. The lowest BCUT2D eigenvalue weighted by atomic mass is 9.67. The quantitative estimate of drug-likeness (QED) is 0.490. The van der Waals surface area contributed by atoms with Gasteiger partial charge in [-0.3, -0.25) is 20.2 Å². The number of fused-ring (bicyclic) bond motifs is 4. The molecule has 2 saturated heterocycles. The van der Waals surface area contributed by atoms with E-state index < -0.39 is 41.4 Å². The van der Waals surface area contributed by atoms with Crippen LogP contribution in [-0.2, 0) is 20.7 Å². The molecule has 0 unspecified atom stereocenters. The first-order chi connectivity index (χ1) is 14.7. The number of anilines is 1. The third-order valence-corrected chi connectivity index (χ3v) is 6.85. The zero-order chi connectivity index (χ0) is 22.1. The number of carbonyl (C=O) groups excluding carboxylic acids is 3. The van der Waals surface area contributed by atoms with Crippen molar-refractivity contribution in [2.24, 2.45) is 5.41 Å². The number of ether oxygens (including phenoxy) is 1. The van der Waals surface area contributed by atoms with Crippen molar-refractivity contribution < 1.29 is 23.5 Å². The molecular weight excluding hydrogens is 427 g/mol. The van der Waals surface area contributed by atoms with Gasteiger partial charge in [0, 0.05) is 13.0 Å². The van der Waals surface area contributed by atoms with Crippen molar-refractivity contribution in [3.63, 3.8) is 0 Å². The van der Waals surface area contributed by atoms with Crippen molar-refractivity contribution in [3.05, 3.63) is 22.6 Å². The number of rotatable bonds is 1. The Kier molecular flexibility index (Phi) is 4.35. The second-order valence-corrected chi connectivity index (χ2v) is 9.25. The Morgan fingerprint density at radius 3 is 2.58 bits per heavy atom. The van der Waals surface area contributed by atoms with Gasteiger partial charge in [-0.05, 0) is 32.4 Å². The molecule has 1 spiro atoms. The number of urea groups is 1. The lowest BCUT2D eigenvalue weighted by Crippen LogP contribution is -2.75. The van der Waals surface area contributed by atoms with Crippen molar-refractivity contribution in [1.29, 1.82) is 0 Å². The van der Waals surface area contributed by atoms with Crippen LogP contribution in [0.4, 0.5) is 15.0 Å². The monoisotopic (exact) mass is 446 g/mol. The number of carbonyl (C=O) groups is 3. The van der Waals surface area contributed by atoms with E-state index in [4.69, 9.17) is 4.74 Å². The molecule has 10 nitrogen and oxygen atoms in total. The number of barbiturate groups is 1.